The average molecular weight is 562 g/mol. The molecule has 0 aliphatic carbocycles. The van der Waals surface area contributed by atoms with Gasteiger partial charge in [-0.25, -0.2) is 12.8 Å². The number of carbonyl (C=O) groups is 2. The van der Waals surface area contributed by atoms with Crippen molar-refractivity contribution in [3.05, 3.63) is 94.7 Å². The number of anilines is 1. The number of likely N-dealkylation sites (N-methyl/N-ethyl adjacent to an activating group) is 1. The van der Waals surface area contributed by atoms with Crippen molar-refractivity contribution in [2.75, 3.05) is 17.9 Å². The number of hydrogen-bond acceptors (Lipinski definition) is 4. The van der Waals surface area contributed by atoms with Gasteiger partial charge in [0.2, 0.25) is 11.8 Å². The topological polar surface area (TPSA) is 86.8 Å². The standard InChI is InChI=1S/C25H25BrFN3O4S/c1-18(25(32)28-2)29(16-19-8-6-7-11-23(19)27)24(31)17-30(21-14-12-20(26)13-15-21)35(33,34)22-9-4-3-5-10-22/h3-15,18H,16-17H2,1-2H3,(H,28,32)/t18-/m0/s1. The van der Waals surface area contributed by atoms with Crippen LogP contribution in [0.25, 0.3) is 0 Å². The first-order chi connectivity index (χ1) is 16.6. The maximum atomic E-state index is 14.4. The Morgan fingerprint density at radius 2 is 1.57 bits per heavy atom. The Labute approximate surface area is 212 Å². The van der Waals surface area contributed by atoms with Gasteiger partial charge < -0.3 is 10.2 Å². The maximum Gasteiger partial charge on any atom is 0.264 e. The number of hydrogen-bond donors (Lipinski definition) is 1. The second kappa shape index (κ2) is 11.5. The number of rotatable bonds is 9. The first kappa shape index (κ1) is 26.4. The Balaban J connectivity index is 2.02. The third-order valence-corrected chi connectivity index (χ3v) is 7.75. The first-order valence-corrected chi connectivity index (χ1v) is 13.0. The molecule has 0 radical (unpaired) electrons. The fourth-order valence-corrected chi connectivity index (χ4v) is 5.16. The Kier molecular flexibility index (Phi) is 8.63. The van der Waals surface area contributed by atoms with Gasteiger partial charge in [-0.05, 0) is 49.4 Å². The van der Waals surface area contributed by atoms with Gasteiger partial charge in [0.05, 0.1) is 10.6 Å². The van der Waals surface area contributed by atoms with Crippen molar-refractivity contribution in [3.8, 4) is 0 Å². The van der Waals surface area contributed by atoms with Gasteiger partial charge in [0, 0.05) is 23.6 Å². The van der Waals surface area contributed by atoms with Crippen LogP contribution in [0.15, 0.2) is 88.2 Å². The van der Waals surface area contributed by atoms with Crippen LogP contribution in [-0.4, -0.2) is 44.8 Å². The van der Waals surface area contributed by atoms with E-state index >= 15 is 0 Å². The van der Waals surface area contributed by atoms with Crippen LogP contribution in [0.5, 0.6) is 0 Å². The third kappa shape index (κ3) is 6.26. The number of benzene rings is 3. The second-order valence-electron chi connectivity index (χ2n) is 7.70. The van der Waals surface area contributed by atoms with E-state index in [0.29, 0.717) is 0 Å². The smallest absolute Gasteiger partial charge is 0.264 e. The highest BCUT2D eigenvalue weighted by Gasteiger charge is 2.32. The number of carbonyl (C=O) groups excluding carboxylic acids is 2. The van der Waals surface area contributed by atoms with E-state index in [9.17, 15) is 22.4 Å². The van der Waals surface area contributed by atoms with E-state index in [0.717, 1.165) is 8.78 Å². The van der Waals surface area contributed by atoms with E-state index in [4.69, 9.17) is 0 Å². The molecule has 0 unspecified atom stereocenters. The molecule has 1 atom stereocenters. The molecule has 184 valence electrons. The van der Waals surface area contributed by atoms with Gasteiger partial charge in [0.1, 0.15) is 18.4 Å². The summed E-state index contributed by atoms with van der Waals surface area (Å²) in [6.45, 7) is 0.710. The summed E-state index contributed by atoms with van der Waals surface area (Å²) in [6, 6.07) is 19.2. The van der Waals surface area contributed by atoms with Crippen molar-refractivity contribution in [1.29, 1.82) is 0 Å². The van der Waals surface area contributed by atoms with Crippen molar-refractivity contribution < 1.29 is 22.4 Å². The van der Waals surface area contributed by atoms with E-state index in [-0.39, 0.29) is 22.7 Å². The molecule has 0 aliphatic rings. The van der Waals surface area contributed by atoms with Crippen LogP contribution in [-0.2, 0) is 26.2 Å². The molecule has 35 heavy (non-hydrogen) atoms. The predicted molar refractivity (Wildman–Crippen MR) is 136 cm³/mol. The van der Waals surface area contributed by atoms with Gasteiger partial charge in [0.15, 0.2) is 0 Å². The van der Waals surface area contributed by atoms with Crippen molar-refractivity contribution in [1.82, 2.24) is 10.2 Å². The van der Waals surface area contributed by atoms with Crippen LogP contribution in [0.3, 0.4) is 0 Å². The van der Waals surface area contributed by atoms with E-state index in [2.05, 4.69) is 21.2 Å². The molecule has 10 heteroatoms. The number of nitrogens with one attached hydrogen (secondary N) is 1. The largest absolute Gasteiger partial charge is 0.357 e. The van der Waals surface area contributed by atoms with E-state index in [1.165, 1.54) is 49.2 Å². The van der Waals surface area contributed by atoms with Crippen molar-refractivity contribution >= 4 is 43.5 Å². The van der Waals surface area contributed by atoms with Crippen LogP contribution >= 0.6 is 15.9 Å². The SMILES string of the molecule is CNC(=O)[C@H](C)N(Cc1ccccc1F)C(=O)CN(c1ccc(Br)cc1)S(=O)(=O)c1ccccc1. The molecule has 0 saturated carbocycles. The fourth-order valence-electron chi connectivity index (χ4n) is 3.46. The monoisotopic (exact) mass is 561 g/mol. The van der Waals surface area contributed by atoms with Gasteiger partial charge in [0.25, 0.3) is 10.0 Å². The van der Waals surface area contributed by atoms with E-state index < -0.39 is 40.2 Å². The summed E-state index contributed by atoms with van der Waals surface area (Å²) in [7, 11) is -2.70. The highest BCUT2D eigenvalue weighted by Crippen LogP contribution is 2.26. The molecule has 3 aromatic carbocycles. The summed E-state index contributed by atoms with van der Waals surface area (Å²) in [4.78, 5) is 27.1. The molecule has 0 heterocycles. The molecule has 0 aliphatic heterocycles. The molecule has 7 nitrogen and oxygen atoms in total. The Hall–Kier alpha value is -3.24. The lowest BCUT2D eigenvalue weighted by molar-refractivity contribution is -0.139. The Morgan fingerprint density at radius 3 is 2.17 bits per heavy atom. The first-order valence-electron chi connectivity index (χ1n) is 10.7. The van der Waals surface area contributed by atoms with Crippen LogP contribution in [0.2, 0.25) is 0 Å². The normalized spacial score (nSPS) is 12.0. The minimum absolute atomic E-state index is 0.00993. The lowest BCUT2D eigenvalue weighted by Gasteiger charge is -2.31. The summed E-state index contributed by atoms with van der Waals surface area (Å²) in [5.41, 5.74) is 0.474. The van der Waals surface area contributed by atoms with Gasteiger partial charge >= 0.3 is 0 Å². The van der Waals surface area contributed by atoms with Crippen LogP contribution < -0.4 is 9.62 Å². The molecule has 3 aromatic rings. The second-order valence-corrected chi connectivity index (χ2v) is 10.5. The van der Waals surface area contributed by atoms with E-state index in [1.54, 1.807) is 48.5 Å². The van der Waals surface area contributed by atoms with Crippen LogP contribution in [0.1, 0.15) is 12.5 Å². The molecule has 0 saturated heterocycles. The highest BCUT2D eigenvalue weighted by molar-refractivity contribution is 9.10. The fraction of sp³-hybridized carbons (Fsp3) is 0.200. The quantitative estimate of drug-likeness (QED) is 0.428. The molecular weight excluding hydrogens is 537 g/mol. The van der Waals surface area contributed by atoms with Crippen molar-refractivity contribution in [2.24, 2.45) is 0 Å². The minimum atomic E-state index is -4.13. The van der Waals surface area contributed by atoms with E-state index in [1.807, 2.05) is 0 Å². The average Bonchev–Trinajstić information content (AvgIpc) is 2.86. The van der Waals surface area contributed by atoms with Gasteiger partial charge in [-0.1, -0.05) is 52.3 Å². The lowest BCUT2D eigenvalue weighted by Crippen LogP contribution is -2.50. The Bertz CT molecular complexity index is 1290. The summed E-state index contributed by atoms with van der Waals surface area (Å²) < 4.78 is 43.2. The summed E-state index contributed by atoms with van der Waals surface area (Å²) in [5, 5.41) is 2.48. The molecule has 0 spiro atoms. The van der Waals surface area contributed by atoms with Crippen LogP contribution in [0.4, 0.5) is 10.1 Å². The van der Waals surface area contributed by atoms with Gasteiger partial charge in [-0.3, -0.25) is 13.9 Å². The van der Waals surface area contributed by atoms with Crippen LogP contribution in [0, 0.1) is 5.82 Å². The number of sulfonamides is 1. The molecule has 3 rings (SSSR count). The van der Waals surface area contributed by atoms with Gasteiger partial charge in [-0.15, -0.1) is 0 Å². The summed E-state index contributed by atoms with van der Waals surface area (Å²) >= 11 is 3.33. The number of nitrogens with zero attached hydrogens (tertiary/aromatic N) is 2. The molecule has 0 aromatic heterocycles. The zero-order valence-electron chi connectivity index (χ0n) is 19.2. The molecule has 2 amide bonds. The summed E-state index contributed by atoms with van der Waals surface area (Å²) in [6.07, 6.45) is 0. The van der Waals surface area contributed by atoms with Crippen molar-refractivity contribution in [3.63, 3.8) is 0 Å². The third-order valence-electron chi connectivity index (χ3n) is 5.44. The highest BCUT2D eigenvalue weighted by atomic mass is 79.9. The van der Waals surface area contributed by atoms with Crippen molar-refractivity contribution in [2.45, 2.75) is 24.4 Å². The zero-order chi connectivity index (χ0) is 25.6. The predicted octanol–water partition coefficient (Wildman–Crippen LogP) is 3.95. The molecule has 0 fully saturated rings. The number of halogens is 2. The summed E-state index contributed by atoms with van der Waals surface area (Å²) in [5.74, 6) is -1.65. The molecule has 1 N–H and O–H groups in total. The lowest BCUT2D eigenvalue weighted by atomic mass is 10.1. The minimum Gasteiger partial charge on any atom is -0.357 e. The zero-order valence-corrected chi connectivity index (χ0v) is 21.6. The molecular formula is C25H25BrFN3O4S. The molecule has 0 bridgehead atoms. The Morgan fingerprint density at radius 1 is 0.971 bits per heavy atom. The maximum absolute atomic E-state index is 14.4. The number of amides is 2. The van der Waals surface area contributed by atoms with Gasteiger partial charge in [-0.2, -0.15) is 0 Å².